The number of aromatic nitrogens is 2. The maximum Gasteiger partial charge on any atom is 0.314 e. The Balaban J connectivity index is 3.20. The van der Waals surface area contributed by atoms with Crippen molar-refractivity contribution in [2.24, 2.45) is 0 Å². The Hall–Kier alpha value is -1.01. The summed E-state index contributed by atoms with van der Waals surface area (Å²) in [6.45, 7) is 1.67. The second kappa shape index (κ2) is 2.55. The van der Waals surface area contributed by atoms with Gasteiger partial charge >= 0.3 is 10.1 Å². The summed E-state index contributed by atoms with van der Waals surface area (Å²) in [5.74, 6) is 0. The van der Waals surface area contributed by atoms with Gasteiger partial charge in [0.1, 0.15) is 0 Å². The largest absolute Gasteiger partial charge is 0.314 e. The van der Waals surface area contributed by atoms with Crippen LogP contribution in [-0.4, -0.2) is 23.2 Å². The summed E-state index contributed by atoms with van der Waals surface area (Å²) >= 11 is 0. The van der Waals surface area contributed by atoms with Crippen molar-refractivity contribution in [1.29, 1.82) is 0 Å². The van der Waals surface area contributed by atoms with Gasteiger partial charge in [-0.15, -0.1) is 5.10 Å². The SMILES string of the molecule is Cc1ccc(S(=O)(=O)O)nn1. The lowest BCUT2D eigenvalue weighted by Gasteiger charge is -1.93. The summed E-state index contributed by atoms with van der Waals surface area (Å²) in [6.07, 6.45) is 0. The molecule has 0 saturated heterocycles. The first-order valence-electron chi connectivity index (χ1n) is 2.78. The monoisotopic (exact) mass is 174 g/mol. The summed E-state index contributed by atoms with van der Waals surface area (Å²) < 4.78 is 29.2. The molecule has 1 aromatic heterocycles. The molecule has 0 fully saturated rings. The molecule has 0 aromatic carbocycles. The Morgan fingerprint density at radius 1 is 1.36 bits per heavy atom. The third-order valence-corrected chi connectivity index (χ3v) is 1.78. The van der Waals surface area contributed by atoms with E-state index >= 15 is 0 Å². The standard InChI is InChI=1S/C5H6N2O3S/c1-4-2-3-5(7-6-4)11(8,9)10/h2-3H,1H3,(H,8,9,10). The van der Waals surface area contributed by atoms with Crippen LogP contribution in [0.15, 0.2) is 17.2 Å². The minimum absolute atomic E-state index is 0.428. The first-order chi connectivity index (χ1) is 5.00. The van der Waals surface area contributed by atoms with E-state index in [0.717, 1.165) is 0 Å². The molecule has 1 rings (SSSR count). The highest BCUT2D eigenvalue weighted by Gasteiger charge is 2.10. The smallest absolute Gasteiger partial charge is 0.281 e. The molecule has 1 aromatic rings. The molecule has 0 saturated carbocycles. The molecule has 5 nitrogen and oxygen atoms in total. The maximum atomic E-state index is 10.4. The van der Waals surface area contributed by atoms with Crippen LogP contribution in [0.4, 0.5) is 0 Å². The third-order valence-electron chi connectivity index (χ3n) is 1.04. The van der Waals surface area contributed by atoms with Crippen LogP contribution in [-0.2, 0) is 10.1 Å². The summed E-state index contributed by atoms with van der Waals surface area (Å²) in [5, 5.41) is 6.29. The van der Waals surface area contributed by atoms with Crippen molar-refractivity contribution in [3.8, 4) is 0 Å². The quantitative estimate of drug-likeness (QED) is 0.607. The van der Waals surface area contributed by atoms with Crippen LogP contribution in [0.2, 0.25) is 0 Å². The second-order valence-corrected chi connectivity index (χ2v) is 3.36. The van der Waals surface area contributed by atoms with Crippen LogP contribution >= 0.6 is 0 Å². The van der Waals surface area contributed by atoms with Gasteiger partial charge in [-0.05, 0) is 19.1 Å². The van der Waals surface area contributed by atoms with Gasteiger partial charge in [0.25, 0.3) is 0 Å². The first kappa shape index (κ1) is 8.09. The summed E-state index contributed by atoms with van der Waals surface area (Å²) in [7, 11) is -4.19. The van der Waals surface area contributed by atoms with E-state index in [2.05, 4.69) is 10.2 Å². The minimum atomic E-state index is -4.19. The fraction of sp³-hybridized carbons (Fsp3) is 0.200. The molecule has 0 aliphatic rings. The minimum Gasteiger partial charge on any atom is -0.281 e. The lowest BCUT2D eigenvalue weighted by atomic mass is 10.4. The molecule has 60 valence electrons. The molecular weight excluding hydrogens is 168 g/mol. The number of aryl methyl sites for hydroxylation is 1. The molecule has 1 N–H and O–H groups in total. The molecule has 0 radical (unpaired) electrons. The van der Waals surface area contributed by atoms with Crippen molar-refractivity contribution < 1.29 is 13.0 Å². The third kappa shape index (κ3) is 1.95. The van der Waals surface area contributed by atoms with Crippen LogP contribution in [0.3, 0.4) is 0 Å². The molecule has 11 heavy (non-hydrogen) atoms. The zero-order valence-corrected chi connectivity index (χ0v) is 6.54. The van der Waals surface area contributed by atoms with Gasteiger partial charge in [0.2, 0.25) is 5.03 Å². The lowest BCUT2D eigenvalue weighted by molar-refractivity contribution is 0.477. The van der Waals surface area contributed by atoms with Gasteiger partial charge in [-0.2, -0.15) is 13.5 Å². The average molecular weight is 174 g/mol. The van der Waals surface area contributed by atoms with Gasteiger partial charge in [-0.25, -0.2) is 0 Å². The molecule has 0 aliphatic heterocycles. The Morgan fingerprint density at radius 3 is 2.36 bits per heavy atom. The molecular formula is C5H6N2O3S. The maximum absolute atomic E-state index is 10.4. The molecule has 0 aliphatic carbocycles. The number of nitrogens with zero attached hydrogens (tertiary/aromatic N) is 2. The van der Waals surface area contributed by atoms with E-state index in [-0.39, 0.29) is 0 Å². The van der Waals surface area contributed by atoms with Gasteiger partial charge in [0, 0.05) is 0 Å². The summed E-state index contributed by atoms with van der Waals surface area (Å²) in [5.41, 5.74) is 0.595. The van der Waals surface area contributed by atoms with E-state index in [0.29, 0.717) is 5.69 Å². The number of hydrogen-bond acceptors (Lipinski definition) is 4. The predicted molar refractivity (Wildman–Crippen MR) is 36.6 cm³/mol. The number of rotatable bonds is 1. The fourth-order valence-electron chi connectivity index (χ4n) is 0.524. The predicted octanol–water partition coefficient (Wildman–Crippen LogP) is 0.0317. The topological polar surface area (TPSA) is 80.2 Å². The normalized spacial score (nSPS) is 11.5. The van der Waals surface area contributed by atoms with Crippen LogP contribution in [0.5, 0.6) is 0 Å². The zero-order valence-electron chi connectivity index (χ0n) is 5.72. The Morgan fingerprint density at radius 2 is 2.00 bits per heavy atom. The average Bonchev–Trinajstić information content (AvgIpc) is 1.86. The molecule has 6 heteroatoms. The fourth-order valence-corrected chi connectivity index (χ4v) is 0.908. The molecule has 1 heterocycles. The van der Waals surface area contributed by atoms with Crippen molar-refractivity contribution in [2.45, 2.75) is 11.9 Å². The highest BCUT2D eigenvalue weighted by atomic mass is 32.2. The van der Waals surface area contributed by atoms with Crippen molar-refractivity contribution in [3.63, 3.8) is 0 Å². The lowest BCUT2D eigenvalue weighted by Crippen LogP contribution is -2.02. The summed E-state index contributed by atoms with van der Waals surface area (Å²) in [4.78, 5) is 0. The molecule has 0 bridgehead atoms. The molecule has 0 spiro atoms. The van der Waals surface area contributed by atoms with Gasteiger partial charge < -0.3 is 0 Å². The van der Waals surface area contributed by atoms with E-state index in [1.165, 1.54) is 12.1 Å². The van der Waals surface area contributed by atoms with Crippen LogP contribution in [0, 0.1) is 6.92 Å². The van der Waals surface area contributed by atoms with E-state index < -0.39 is 15.1 Å². The zero-order chi connectivity index (χ0) is 8.48. The Bertz CT molecular complexity index is 342. The van der Waals surface area contributed by atoms with Gasteiger partial charge in [-0.1, -0.05) is 0 Å². The van der Waals surface area contributed by atoms with Crippen LogP contribution in [0.1, 0.15) is 5.69 Å². The van der Waals surface area contributed by atoms with Crippen molar-refractivity contribution in [3.05, 3.63) is 17.8 Å². The van der Waals surface area contributed by atoms with Crippen molar-refractivity contribution in [1.82, 2.24) is 10.2 Å². The van der Waals surface area contributed by atoms with Gasteiger partial charge in [0.15, 0.2) is 0 Å². The first-order valence-corrected chi connectivity index (χ1v) is 4.22. The van der Waals surface area contributed by atoms with E-state index in [4.69, 9.17) is 4.55 Å². The highest BCUT2D eigenvalue weighted by Crippen LogP contribution is 2.01. The van der Waals surface area contributed by atoms with E-state index in [1.54, 1.807) is 6.92 Å². The van der Waals surface area contributed by atoms with Crippen LogP contribution in [0.25, 0.3) is 0 Å². The molecule has 0 unspecified atom stereocenters. The van der Waals surface area contributed by atoms with Crippen molar-refractivity contribution in [2.75, 3.05) is 0 Å². The Kier molecular flexibility index (Phi) is 1.88. The van der Waals surface area contributed by atoms with Gasteiger partial charge in [0.05, 0.1) is 5.69 Å². The second-order valence-electron chi connectivity index (χ2n) is 1.99. The number of hydrogen-bond donors (Lipinski definition) is 1. The summed E-state index contributed by atoms with van der Waals surface area (Å²) in [6, 6.07) is 2.65. The Labute approximate surface area is 63.8 Å². The van der Waals surface area contributed by atoms with E-state index in [1.807, 2.05) is 0 Å². The van der Waals surface area contributed by atoms with Gasteiger partial charge in [-0.3, -0.25) is 4.55 Å². The highest BCUT2D eigenvalue weighted by molar-refractivity contribution is 7.85. The van der Waals surface area contributed by atoms with Crippen LogP contribution < -0.4 is 0 Å². The molecule has 0 atom stereocenters. The molecule has 0 amide bonds. The van der Waals surface area contributed by atoms with Crippen molar-refractivity contribution >= 4 is 10.1 Å². The van der Waals surface area contributed by atoms with E-state index in [9.17, 15) is 8.42 Å².